The van der Waals surface area contributed by atoms with Gasteiger partial charge in [0.15, 0.2) is 24.0 Å². The second-order valence-electron chi connectivity index (χ2n) is 8.31. The van der Waals surface area contributed by atoms with Crippen LogP contribution < -0.4 is 14.2 Å². The number of aromatic nitrogens is 1. The van der Waals surface area contributed by atoms with E-state index in [0.29, 0.717) is 36.9 Å². The van der Waals surface area contributed by atoms with Crippen molar-refractivity contribution in [3.63, 3.8) is 0 Å². The Labute approximate surface area is 194 Å². The zero-order chi connectivity index (χ0) is 23.2. The number of oxazole rings is 1. The Kier molecular flexibility index (Phi) is 7.17. The molecule has 0 unspecified atom stereocenters. The van der Waals surface area contributed by atoms with Crippen LogP contribution in [0.4, 0.5) is 0 Å². The van der Waals surface area contributed by atoms with Gasteiger partial charge in [0.2, 0.25) is 0 Å². The number of benzene rings is 2. The Hall–Kier alpha value is -3.48. The molecule has 0 spiro atoms. The van der Waals surface area contributed by atoms with Crippen molar-refractivity contribution in [2.45, 2.75) is 32.1 Å². The number of aryl methyl sites for hydroxylation is 1. The molecule has 3 aromatic rings. The van der Waals surface area contributed by atoms with Gasteiger partial charge in [0.1, 0.15) is 11.5 Å². The molecular weight excluding hydrogens is 420 g/mol. The van der Waals surface area contributed by atoms with Crippen molar-refractivity contribution in [2.24, 2.45) is 0 Å². The zero-order valence-electron chi connectivity index (χ0n) is 19.4. The molecule has 2 aromatic carbocycles. The van der Waals surface area contributed by atoms with Crippen molar-refractivity contribution >= 4 is 5.91 Å². The molecule has 1 aromatic heterocycles. The van der Waals surface area contributed by atoms with E-state index < -0.39 is 0 Å². The number of rotatable bonds is 8. The van der Waals surface area contributed by atoms with Crippen LogP contribution in [0.1, 0.15) is 41.5 Å². The molecule has 2 heterocycles. The minimum absolute atomic E-state index is 0.0273. The predicted molar refractivity (Wildman–Crippen MR) is 124 cm³/mol. The van der Waals surface area contributed by atoms with E-state index in [4.69, 9.17) is 18.6 Å². The maximum atomic E-state index is 12.8. The monoisotopic (exact) mass is 450 g/mol. The fourth-order valence-electron chi connectivity index (χ4n) is 4.07. The SMILES string of the molecule is COc1ccc(Cc2cnc([C@H]3CCCN(C(=O)COc4ccc(C)cc4OC)C3)o2)cc1. The van der Waals surface area contributed by atoms with Crippen molar-refractivity contribution in [3.05, 3.63) is 71.4 Å². The summed E-state index contributed by atoms with van der Waals surface area (Å²) in [7, 11) is 3.25. The van der Waals surface area contributed by atoms with Crippen LogP contribution in [0.3, 0.4) is 0 Å². The fraction of sp³-hybridized carbons (Fsp3) is 0.385. The van der Waals surface area contributed by atoms with Gasteiger partial charge in [-0.2, -0.15) is 0 Å². The topological polar surface area (TPSA) is 74.0 Å². The van der Waals surface area contributed by atoms with E-state index >= 15 is 0 Å². The first-order valence-corrected chi connectivity index (χ1v) is 11.2. The predicted octanol–water partition coefficient (Wildman–Crippen LogP) is 4.38. The molecular formula is C26H30N2O5. The van der Waals surface area contributed by atoms with Gasteiger partial charge in [-0.25, -0.2) is 4.98 Å². The number of hydrogen-bond donors (Lipinski definition) is 0. The lowest BCUT2D eigenvalue weighted by atomic mass is 9.98. The second-order valence-corrected chi connectivity index (χ2v) is 8.31. The molecule has 1 aliphatic rings. The molecule has 1 saturated heterocycles. The van der Waals surface area contributed by atoms with Gasteiger partial charge in [0.05, 0.1) is 26.3 Å². The molecule has 0 N–H and O–H groups in total. The van der Waals surface area contributed by atoms with Gasteiger partial charge >= 0.3 is 0 Å². The van der Waals surface area contributed by atoms with E-state index in [-0.39, 0.29) is 18.4 Å². The first kappa shape index (κ1) is 22.7. The van der Waals surface area contributed by atoms with E-state index in [9.17, 15) is 4.79 Å². The highest BCUT2D eigenvalue weighted by Crippen LogP contribution is 2.29. The van der Waals surface area contributed by atoms with Crippen LogP contribution >= 0.6 is 0 Å². The summed E-state index contributed by atoms with van der Waals surface area (Å²) in [5.74, 6) is 3.57. The number of piperidine rings is 1. The summed E-state index contributed by atoms with van der Waals surface area (Å²) >= 11 is 0. The number of carbonyl (C=O) groups excluding carboxylic acids is 1. The molecule has 0 aliphatic carbocycles. The lowest BCUT2D eigenvalue weighted by Gasteiger charge is -2.31. The van der Waals surface area contributed by atoms with Crippen LogP contribution in [0.5, 0.6) is 17.2 Å². The number of nitrogens with zero attached hydrogens (tertiary/aromatic N) is 2. The zero-order valence-corrected chi connectivity index (χ0v) is 19.4. The molecule has 1 amide bonds. The maximum absolute atomic E-state index is 12.8. The second kappa shape index (κ2) is 10.4. The highest BCUT2D eigenvalue weighted by atomic mass is 16.5. The van der Waals surface area contributed by atoms with E-state index in [0.717, 1.165) is 35.5 Å². The Morgan fingerprint density at radius 2 is 1.94 bits per heavy atom. The Balaban J connectivity index is 1.34. The third-order valence-corrected chi connectivity index (χ3v) is 5.90. The van der Waals surface area contributed by atoms with E-state index in [1.165, 1.54) is 0 Å². The van der Waals surface area contributed by atoms with E-state index in [2.05, 4.69) is 4.98 Å². The van der Waals surface area contributed by atoms with Gasteiger partial charge in [-0.1, -0.05) is 18.2 Å². The molecule has 174 valence electrons. The summed E-state index contributed by atoms with van der Waals surface area (Å²) in [6.07, 6.45) is 4.30. The van der Waals surface area contributed by atoms with Crippen LogP contribution in [-0.2, 0) is 11.2 Å². The summed E-state index contributed by atoms with van der Waals surface area (Å²) in [6, 6.07) is 13.6. The standard InChI is InChI=1S/C26H30N2O5/c1-18-6-11-23(24(13-18)31-3)32-17-25(29)28-12-4-5-20(16-28)26-27-15-22(33-26)14-19-7-9-21(30-2)10-8-19/h6-11,13,15,20H,4-5,12,14,16-17H2,1-3H3/t20-/m0/s1. The number of hydrogen-bond acceptors (Lipinski definition) is 6. The van der Waals surface area contributed by atoms with Gasteiger partial charge in [0, 0.05) is 19.5 Å². The number of likely N-dealkylation sites (tertiary alicyclic amines) is 1. The van der Waals surface area contributed by atoms with Crippen molar-refractivity contribution < 1.29 is 23.4 Å². The van der Waals surface area contributed by atoms with Crippen LogP contribution in [0, 0.1) is 6.92 Å². The van der Waals surface area contributed by atoms with Crippen molar-refractivity contribution in [2.75, 3.05) is 33.9 Å². The summed E-state index contributed by atoms with van der Waals surface area (Å²) in [6.45, 7) is 3.25. The molecule has 7 heteroatoms. The molecule has 0 radical (unpaired) electrons. The van der Waals surface area contributed by atoms with Crippen LogP contribution in [0.15, 0.2) is 53.1 Å². The van der Waals surface area contributed by atoms with Gasteiger partial charge in [-0.3, -0.25) is 4.79 Å². The molecule has 33 heavy (non-hydrogen) atoms. The summed E-state index contributed by atoms with van der Waals surface area (Å²) < 4.78 is 22.4. The van der Waals surface area contributed by atoms with Crippen molar-refractivity contribution in [1.29, 1.82) is 0 Å². The van der Waals surface area contributed by atoms with E-state index in [1.54, 1.807) is 20.4 Å². The molecule has 0 bridgehead atoms. The largest absolute Gasteiger partial charge is 0.497 e. The van der Waals surface area contributed by atoms with Crippen LogP contribution in [0.2, 0.25) is 0 Å². The minimum Gasteiger partial charge on any atom is -0.497 e. The average molecular weight is 451 g/mol. The fourth-order valence-corrected chi connectivity index (χ4v) is 4.07. The Bertz CT molecular complexity index is 1080. The normalized spacial score (nSPS) is 15.8. The first-order chi connectivity index (χ1) is 16.1. The number of ether oxygens (including phenoxy) is 3. The first-order valence-electron chi connectivity index (χ1n) is 11.2. The number of amides is 1. The lowest BCUT2D eigenvalue weighted by molar-refractivity contribution is -0.134. The third kappa shape index (κ3) is 5.66. The number of carbonyl (C=O) groups is 1. The van der Waals surface area contributed by atoms with Crippen LogP contribution in [0.25, 0.3) is 0 Å². The van der Waals surface area contributed by atoms with Crippen molar-refractivity contribution in [1.82, 2.24) is 9.88 Å². The lowest BCUT2D eigenvalue weighted by Crippen LogP contribution is -2.41. The van der Waals surface area contributed by atoms with Crippen LogP contribution in [-0.4, -0.2) is 49.7 Å². The highest BCUT2D eigenvalue weighted by Gasteiger charge is 2.28. The molecule has 0 saturated carbocycles. The van der Waals surface area contributed by atoms with Gasteiger partial charge < -0.3 is 23.5 Å². The molecule has 1 atom stereocenters. The smallest absolute Gasteiger partial charge is 0.260 e. The minimum atomic E-state index is -0.0488. The van der Waals surface area contributed by atoms with Gasteiger partial charge in [0.25, 0.3) is 5.91 Å². The maximum Gasteiger partial charge on any atom is 0.260 e. The summed E-state index contributed by atoms with van der Waals surface area (Å²) in [4.78, 5) is 19.2. The van der Waals surface area contributed by atoms with E-state index in [1.807, 2.05) is 54.3 Å². The molecule has 4 rings (SSSR count). The summed E-state index contributed by atoms with van der Waals surface area (Å²) in [5, 5.41) is 0. The third-order valence-electron chi connectivity index (χ3n) is 5.90. The molecule has 1 fully saturated rings. The number of methoxy groups -OCH3 is 2. The average Bonchev–Trinajstić information content (AvgIpc) is 3.32. The van der Waals surface area contributed by atoms with Gasteiger partial charge in [-0.15, -0.1) is 0 Å². The molecule has 1 aliphatic heterocycles. The summed E-state index contributed by atoms with van der Waals surface area (Å²) in [5.41, 5.74) is 2.20. The highest BCUT2D eigenvalue weighted by molar-refractivity contribution is 5.78. The molecule has 7 nitrogen and oxygen atoms in total. The Morgan fingerprint density at radius 3 is 2.70 bits per heavy atom. The Morgan fingerprint density at radius 1 is 1.12 bits per heavy atom. The quantitative estimate of drug-likeness (QED) is 0.507. The van der Waals surface area contributed by atoms with Crippen molar-refractivity contribution in [3.8, 4) is 17.2 Å². The van der Waals surface area contributed by atoms with Gasteiger partial charge in [-0.05, 0) is 55.2 Å².